The van der Waals surface area contributed by atoms with Crippen LogP contribution in [-0.4, -0.2) is 38.0 Å². The molecule has 2 aromatic heterocycles. The van der Waals surface area contributed by atoms with Gasteiger partial charge in [0.25, 0.3) is 0 Å². The lowest BCUT2D eigenvalue weighted by Crippen LogP contribution is -2.25. The van der Waals surface area contributed by atoms with Crippen molar-refractivity contribution in [3.63, 3.8) is 0 Å². The summed E-state index contributed by atoms with van der Waals surface area (Å²) in [7, 11) is -2.50. The Morgan fingerprint density at radius 1 is 1.33 bits per heavy atom. The minimum Gasteiger partial charge on any atom is -0.465 e. The van der Waals surface area contributed by atoms with Crippen molar-refractivity contribution >= 4 is 16.0 Å². The summed E-state index contributed by atoms with van der Waals surface area (Å²) >= 11 is 0. The number of pyridine rings is 2. The third-order valence-corrected chi connectivity index (χ3v) is 4.86. The van der Waals surface area contributed by atoms with Crippen LogP contribution in [0.15, 0.2) is 41.7 Å². The number of aryl methyl sites for hydroxylation is 2. The first-order valence-electron chi connectivity index (χ1n) is 7.37. The van der Waals surface area contributed by atoms with Crippen LogP contribution >= 0.6 is 0 Å². The Hall–Kier alpha value is -2.32. The van der Waals surface area contributed by atoms with E-state index in [2.05, 4.69) is 19.4 Å². The highest BCUT2D eigenvalue weighted by Gasteiger charge is 2.19. The number of ether oxygens (including phenoxy) is 1. The van der Waals surface area contributed by atoms with E-state index in [9.17, 15) is 13.2 Å². The van der Waals surface area contributed by atoms with E-state index in [0.717, 1.165) is 12.0 Å². The summed E-state index contributed by atoms with van der Waals surface area (Å²) in [6, 6.07) is 5.05. The second-order valence-electron chi connectivity index (χ2n) is 5.16. The molecule has 0 bridgehead atoms. The average Bonchev–Trinajstić information content (AvgIpc) is 2.59. The molecule has 0 saturated carbocycles. The first-order valence-corrected chi connectivity index (χ1v) is 8.86. The Morgan fingerprint density at radius 2 is 2.12 bits per heavy atom. The van der Waals surface area contributed by atoms with Crippen LogP contribution in [0, 0.1) is 6.92 Å². The number of hydrogen-bond acceptors (Lipinski definition) is 6. The summed E-state index contributed by atoms with van der Waals surface area (Å²) < 4.78 is 31.7. The highest BCUT2D eigenvalue weighted by atomic mass is 32.2. The normalized spacial score (nSPS) is 11.2. The molecule has 2 rings (SSSR count). The predicted molar refractivity (Wildman–Crippen MR) is 88.1 cm³/mol. The standard InChI is InChI=1S/C16H19N3O4S/c1-12-15(16(20)23-2)9-14(11-18-12)24(21,22)19-8-4-6-13-5-3-7-17-10-13/h3,5,7,9-11,19H,4,6,8H2,1-2H3. The molecule has 0 spiro atoms. The van der Waals surface area contributed by atoms with E-state index in [1.165, 1.54) is 19.4 Å². The molecule has 2 aromatic rings. The first kappa shape index (κ1) is 18.0. The van der Waals surface area contributed by atoms with Gasteiger partial charge < -0.3 is 4.74 Å². The van der Waals surface area contributed by atoms with Gasteiger partial charge in [0.2, 0.25) is 10.0 Å². The number of sulfonamides is 1. The third-order valence-electron chi connectivity index (χ3n) is 3.43. The van der Waals surface area contributed by atoms with Gasteiger partial charge in [0, 0.05) is 25.1 Å². The van der Waals surface area contributed by atoms with Crippen molar-refractivity contribution in [1.29, 1.82) is 0 Å². The summed E-state index contributed by atoms with van der Waals surface area (Å²) in [5, 5.41) is 0. The molecule has 0 fully saturated rings. The predicted octanol–water partition coefficient (Wildman–Crippen LogP) is 1.48. The van der Waals surface area contributed by atoms with Gasteiger partial charge in [-0.05, 0) is 37.5 Å². The van der Waals surface area contributed by atoms with E-state index in [4.69, 9.17) is 0 Å². The van der Waals surface area contributed by atoms with Crippen molar-refractivity contribution in [2.45, 2.75) is 24.7 Å². The van der Waals surface area contributed by atoms with Crippen molar-refractivity contribution in [2.75, 3.05) is 13.7 Å². The lowest BCUT2D eigenvalue weighted by molar-refractivity contribution is 0.0599. The van der Waals surface area contributed by atoms with Gasteiger partial charge in [0.1, 0.15) is 4.90 Å². The highest BCUT2D eigenvalue weighted by Crippen LogP contribution is 2.14. The third kappa shape index (κ3) is 4.59. The fraction of sp³-hybridized carbons (Fsp3) is 0.312. The molecule has 128 valence electrons. The topological polar surface area (TPSA) is 98.2 Å². The number of methoxy groups -OCH3 is 1. The molecule has 0 radical (unpaired) electrons. The maximum atomic E-state index is 12.3. The van der Waals surface area contributed by atoms with Crippen molar-refractivity contribution in [3.05, 3.63) is 53.6 Å². The number of esters is 1. The zero-order valence-corrected chi connectivity index (χ0v) is 14.3. The molecule has 0 amide bonds. The fourth-order valence-electron chi connectivity index (χ4n) is 2.11. The van der Waals surface area contributed by atoms with E-state index < -0.39 is 16.0 Å². The van der Waals surface area contributed by atoms with Gasteiger partial charge in [-0.15, -0.1) is 0 Å². The molecule has 7 nitrogen and oxygen atoms in total. The van der Waals surface area contributed by atoms with Crippen LogP contribution in [0.2, 0.25) is 0 Å². The van der Waals surface area contributed by atoms with Crippen LogP contribution in [0.4, 0.5) is 0 Å². The summed E-state index contributed by atoms with van der Waals surface area (Å²) in [6.45, 7) is 1.89. The highest BCUT2D eigenvalue weighted by molar-refractivity contribution is 7.89. The summed E-state index contributed by atoms with van der Waals surface area (Å²) in [5.41, 5.74) is 1.59. The van der Waals surface area contributed by atoms with Gasteiger partial charge in [-0.1, -0.05) is 6.07 Å². The van der Waals surface area contributed by atoms with Crippen molar-refractivity contribution in [3.8, 4) is 0 Å². The average molecular weight is 349 g/mol. The van der Waals surface area contributed by atoms with Gasteiger partial charge in [0.05, 0.1) is 18.4 Å². The SMILES string of the molecule is COC(=O)c1cc(S(=O)(=O)NCCCc2cccnc2)cnc1C. The Morgan fingerprint density at radius 3 is 2.79 bits per heavy atom. The first-order chi connectivity index (χ1) is 11.4. The Kier molecular flexibility index (Phi) is 5.99. The molecule has 8 heteroatoms. The maximum absolute atomic E-state index is 12.3. The Balaban J connectivity index is 2.01. The lowest BCUT2D eigenvalue weighted by Gasteiger charge is -2.09. The van der Waals surface area contributed by atoms with Crippen LogP contribution in [0.3, 0.4) is 0 Å². The van der Waals surface area contributed by atoms with Crippen molar-refractivity contribution in [1.82, 2.24) is 14.7 Å². The quantitative estimate of drug-likeness (QED) is 0.600. The summed E-state index contributed by atoms with van der Waals surface area (Å²) in [4.78, 5) is 19.6. The zero-order chi connectivity index (χ0) is 17.6. The lowest BCUT2D eigenvalue weighted by atomic mass is 10.2. The van der Waals surface area contributed by atoms with Gasteiger partial charge in [-0.2, -0.15) is 0 Å². The second-order valence-corrected chi connectivity index (χ2v) is 6.93. The second kappa shape index (κ2) is 7.98. The van der Waals surface area contributed by atoms with Crippen molar-refractivity contribution in [2.24, 2.45) is 0 Å². The zero-order valence-electron chi connectivity index (χ0n) is 13.5. The number of carbonyl (C=O) groups is 1. The molecule has 1 N–H and O–H groups in total. The summed E-state index contributed by atoms with van der Waals surface area (Å²) in [5.74, 6) is -0.617. The molecule has 0 saturated heterocycles. The Bertz CT molecular complexity index is 807. The minimum absolute atomic E-state index is 0.0603. The summed E-state index contributed by atoms with van der Waals surface area (Å²) in [6.07, 6.45) is 6.02. The number of rotatable bonds is 7. The van der Waals surface area contributed by atoms with Gasteiger partial charge in [-0.3, -0.25) is 9.97 Å². The number of hydrogen-bond donors (Lipinski definition) is 1. The van der Waals surface area contributed by atoms with Crippen LogP contribution in [0.25, 0.3) is 0 Å². The smallest absolute Gasteiger partial charge is 0.339 e. The van der Waals surface area contributed by atoms with Gasteiger partial charge >= 0.3 is 5.97 Å². The van der Waals surface area contributed by atoms with Gasteiger partial charge in [0.15, 0.2) is 0 Å². The van der Waals surface area contributed by atoms with Crippen LogP contribution in [-0.2, 0) is 21.2 Å². The molecule has 0 atom stereocenters. The maximum Gasteiger partial charge on any atom is 0.339 e. The number of carbonyl (C=O) groups excluding carboxylic acids is 1. The Labute approximate surface area is 141 Å². The van der Waals surface area contributed by atoms with Gasteiger partial charge in [-0.25, -0.2) is 17.9 Å². The minimum atomic E-state index is -3.73. The molecular weight excluding hydrogens is 330 g/mol. The molecule has 24 heavy (non-hydrogen) atoms. The van der Waals surface area contributed by atoms with E-state index in [1.807, 2.05) is 12.1 Å². The molecule has 0 aromatic carbocycles. The van der Waals surface area contributed by atoms with E-state index in [1.54, 1.807) is 19.3 Å². The largest absolute Gasteiger partial charge is 0.465 e. The number of aromatic nitrogens is 2. The number of nitrogens with one attached hydrogen (secondary N) is 1. The molecular formula is C16H19N3O4S. The monoisotopic (exact) mass is 349 g/mol. The van der Waals surface area contributed by atoms with E-state index >= 15 is 0 Å². The molecule has 0 aliphatic carbocycles. The van der Waals surface area contributed by atoms with Crippen molar-refractivity contribution < 1.29 is 17.9 Å². The van der Waals surface area contributed by atoms with Crippen LogP contribution < -0.4 is 4.72 Å². The molecule has 0 aliphatic rings. The van der Waals surface area contributed by atoms with E-state index in [0.29, 0.717) is 12.1 Å². The fourth-order valence-corrected chi connectivity index (χ4v) is 3.15. The number of nitrogens with zero attached hydrogens (tertiary/aromatic N) is 2. The van der Waals surface area contributed by atoms with Crippen LogP contribution in [0.5, 0.6) is 0 Å². The molecule has 0 unspecified atom stereocenters. The molecule has 2 heterocycles. The van der Waals surface area contributed by atoms with E-state index in [-0.39, 0.29) is 17.0 Å². The molecule has 0 aliphatic heterocycles. The van der Waals surface area contributed by atoms with Crippen LogP contribution in [0.1, 0.15) is 28.0 Å².